The molecule has 2 aromatic heterocycles. The summed E-state index contributed by atoms with van der Waals surface area (Å²) in [6, 6.07) is 4.99. The van der Waals surface area contributed by atoms with Gasteiger partial charge in [-0.05, 0) is 43.5 Å². The third kappa shape index (κ3) is 4.27. The Labute approximate surface area is 175 Å². The lowest BCUT2D eigenvalue weighted by molar-refractivity contribution is -0.132. The highest BCUT2D eigenvalue weighted by Gasteiger charge is 2.30. The maximum Gasteiger partial charge on any atom is 0.266 e. The molecule has 0 bridgehead atoms. The van der Waals surface area contributed by atoms with Crippen LogP contribution in [0, 0.1) is 25.2 Å². The van der Waals surface area contributed by atoms with E-state index in [0.29, 0.717) is 30.8 Å². The van der Waals surface area contributed by atoms with E-state index < -0.39 is 15.6 Å². The van der Waals surface area contributed by atoms with Gasteiger partial charge in [0.1, 0.15) is 16.5 Å². The molecule has 2 aromatic rings. The number of pyridine rings is 2. The van der Waals surface area contributed by atoms with E-state index in [-0.39, 0.29) is 35.9 Å². The van der Waals surface area contributed by atoms with Gasteiger partial charge in [0.2, 0.25) is 15.9 Å². The monoisotopic (exact) mass is 429 g/mol. The fourth-order valence-electron chi connectivity index (χ4n) is 3.64. The van der Waals surface area contributed by atoms with Crippen molar-refractivity contribution in [1.29, 1.82) is 5.26 Å². The lowest BCUT2D eigenvalue weighted by atomic mass is 9.99. The van der Waals surface area contributed by atoms with Crippen molar-refractivity contribution >= 4 is 15.9 Å². The first-order chi connectivity index (χ1) is 14.3. The molecule has 0 spiro atoms. The van der Waals surface area contributed by atoms with Crippen molar-refractivity contribution in [3.05, 3.63) is 57.3 Å². The number of aromatic amines is 1. The minimum atomic E-state index is -3.62. The zero-order valence-electron chi connectivity index (χ0n) is 16.9. The molecule has 3 rings (SSSR count). The summed E-state index contributed by atoms with van der Waals surface area (Å²) < 4.78 is 26.7. The third-order valence-electron chi connectivity index (χ3n) is 5.37. The topological polar surface area (TPSA) is 127 Å². The van der Waals surface area contributed by atoms with Crippen LogP contribution in [0.1, 0.15) is 28.8 Å². The first-order valence-electron chi connectivity index (χ1n) is 9.56. The Balaban J connectivity index is 1.62. The number of aromatic nitrogens is 2. The number of sulfonamides is 1. The van der Waals surface area contributed by atoms with Crippen LogP contribution < -0.4 is 5.56 Å². The zero-order valence-corrected chi connectivity index (χ0v) is 17.7. The van der Waals surface area contributed by atoms with Gasteiger partial charge in [-0.1, -0.05) is 0 Å². The summed E-state index contributed by atoms with van der Waals surface area (Å²) in [5.74, 6) is -0.0862. The van der Waals surface area contributed by atoms with Crippen molar-refractivity contribution in [3.8, 4) is 6.07 Å². The SMILES string of the molecule is Cc1[nH]c(=O)c(C#N)c(C)c1CCC(=O)N1CCN(S(=O)(=O)c2cccnc2)CC1. The third-order valence-corrected chi connectivity index (χ3v) is 7.25. The number of nitrogens with zero attached hydrogens (tertiary/aromatic N) is 4. The van der Waals surface area contributed by atoms with Crippen LogP contribution in [-0.4, -0.2) is 59.7 Å². The highest BCUT2D eigenvalue weighted by molar-refractivity contribution is 7.89. The van der Waals surface area contributed by atoms with Crippen molar-refractivity contribution in [2.24, 2.45) is 0 Å². The lowest BCUT2D eigenvalue weighted by Crippen LogP contribution is -2.50. The van der Waals surface area contributed by atoms with Crippen molar-refractivity contribution in [2.75, 3.05) is 26.2 Å². The summed E-state index contributed by atoms with van der Waals surface area (Å²) in [5, 5.41) is 9.17. The molecule has 3 heterocycles. The van der Waals surface area contributed by atoms with Gasteiger partial charge >= 0.3 is 0 Å². The van der Waals surface area contributed by atoms with Crippen molar-refractivity contribution < 1.29 is 13.2 Å². The van der Waals surface area contributed by atoms with E-state index >= 15 is 0 Å². The summed E-state index contributed by atoms with van der Waals surface area (Å²) in [6.07, 6.45) is 3.45. The van der Waals surface area contributed by atoms with Gasteiger partial charge in [-0.2, -0.15) is 9.57 Å². The summed E-state index contributed by atoms with van der Waals surface area (Å²) in [4.78, 5) is 32.8. The van der Waals surface area contributed by atoms with E-state index in [2.05, 4.69) is 9.97 Å². The standard InChI is InChI=1S/C20H23N5O4S/c1-14-17(15(2)23-20(27)18(14)12-21)5-6-19(26)24-8-10-25(11-9-24)30(28,29)16-4-3-7-22-13-16/h3-4,7,13H,5-6,8-11H2,1-2H3,(H,23,27). The second-order valence-electron chi connectivity index (χ2n) is 7.14. The van der Waals surface area contributed by atoms with E-state index in [9.17, 15) is 18.0 Å². The Kier molecular flexibility index (Phi) is 6.34. The van der Waals surface area contributed by atoms with Crippen molar-refractivity contribution in [3.63, 3.8) is 0 Å². The fraction of sp³-hybridized carbons (Fsp3) is 0.400. The average Bonchev–Trinajstić information content (AvgIpc) is 2.74. The van der Waals surface area contributed by atoms with Gasteiger partial charge < -0.3 is 9.88 Å². The number of carbonyl (C=O) groups is 1. The molecule has 0 radical (unpaired) electrons. The molecule has 0 saturated carbocycles. The molecule has 0 aliphatic carbocycles. The van der Waals surface area contributed by atoms with Gasteiger partial charge in [-0.15, -0.1) is 0 Å². The summed E-state index contributed by atoms with van der Waals surface area (Å²) in [5.41, 5.74) is 1.68. The van der Waals surface area contributed by atoms with E-state index in [1.807, 2.05) is 6.07 Å². The smallest absolute Gasteiger partial charge is 0.266 e. The number of nitriles is 1. The molecule has 1 N–H and O–H groups in total. The van der Waals surface area contributed by atoms with Crippen LogP contribution >= 0.6 is 0 Å². The molecule has 1 fully saturated rings. The number of nitrogens with one attached hydrogen (secondary N) is 1. The maximum atomic E-state index is 12.7. The molecule has 1 aliphatic heterocycles. The maximum absolute atomic E-state index is 12.7. The fourth-order valence-corrected chi connectivity index (χ4v) is 5.02. The molecular weight excluding hydrogens is 406 g/mol. The molecule has 9 nitrogen and oxygen atoms in total. The largest absolute Gasteiger partial charge is 0.340 e. The van der Waals surface area contributed by atoms with Gasteiger partial charge in [0.25, 0.3) is 5.56 Å². The molecule has 1 saturated heterocycles. The van der Waals surface area contributed by atoms with Gasteiger partial charge in [-0.25, -0.2) is 8.42 Å². The van der Waals surface area contributed by atoms with E-state index in [1.54, 1.807) is 24.8 Å². The minimum Gasteiger partial charge on any atom is -0.340 e. The second-order valence-corrected chi connectivity index (χ2v) is 9.08. The molecule has 30 heavy (non-hydrogen) atoms. The Bertz CT molecular complexity index is 1140. The molecule has 158 valence electrons. The molecule has 0 unspecified atom stereocenters. The normalized spacial score (nSPS) is 15.0. The van der Waals surface area contributed by atoms with E-state index in [0.717, 1.165) is 5.56 Å². The second kappa shape index (κ2) is 8.77. The molecular formula is C20H23N5O4S. The van der Waals surface area contributed by atoms with Crippen LogP contribution in [0.25, 0.3) is 0 Å². The highest BCUT2D eigenvalue weighted by atomic mass is 32.2. The molecule has 0 aromatic carbocycles. The van der Waals surface area contributed by atoms with Crippen LogP contribution in [0.4, 0.5) is 0 Å². The predicted octanol–water partition coefficient (Wildman–Crippen LogP) is 0.724. The first-order valence-corrected chi connectivity index (χ1v) is 11.0. The van der Waals surface area contributed by atoms with E-state index in [1.165, 1.54) is 22.8 Å². The van der Waals surface area contributed by atoms with Crippen LogP contribution in [0.5, 0.6) is 0 Å². The zero-order chi connectivity index (χ0) is 21.9. The summed E-state index contributed by atoms with van der Waals surface area (Å²) >= 11 is 0. The van der Waals surface area contributed by atoms with Gasteiger partial charge in [0, 0.05) is 50.7 Å². The Morgan fingerprint density at radius 1 is 1.27 bits per heavy atom. The lowest BCUT2D eigenvalue weighted by Gasteiger charge is -2.34. The Hall–Kier alpha value is -3.03. The highest BCUT2D eigenvalue weighted by Crippen LogP contribution is 2.18. The van der Waals surface area contributed by atoms with Crippen LogP contribution in [0.3, 0.4) is 0 Å². The number of amides is 1. The molecule has 10 heteroatoms. The van der Waals surface area contributed by atoms with Crippen molar-refractivity contribution in [2.45, 2.75) is 31.6 Å². The number of aryl methyl sites for hydroxylation is 1. The van der Waals surface area contributed by atoms with Crippen LogP contribution in [0.2, 0.25) is 0 Å². The molecule has 1 amide bonds. The summed E-state index contributed by atoms with van der Waals surface area (Å²) in [6.45, 7) is 4.52. The minimum absolute atomic E-state index is 0.0669. The van der Waals surface area contributed by atoms with Gasteiger partial charge in [-0.3, -0.25) is 14.6 Å². The summed E-state index contributed by atoms with van der Waals surface area (Å²) in [7, 11) is -3.62. The van der Waals surface area contributed by atoms with Gasteiger partial charge in [0.05, 0.1) is 0 Å². The molecule has 1 aliphatic rings. The van der Waals surface area contributed by atoms with Crippen molar-refractivity contribution in [1.82, 2.24) is 19.2 Å². The van der Waals surface area contributed by atoms with Crippen LogP contribution in [0.15, 0.2) is 34.2 Å². The number of hydrogen-bond donors (Lipinski definition) is 1. The number of hydrogen-bond acceptors (Lipinski definition) is 6. The Morgan fingerprint density at radius 2 is 1.97 bits per heavy atom. The number of carbonyl (C=O) groups excluding carboxylic acids is 1. The number of rotatable bonds is 5. The number of piperazine rings is 1. The average molecular weight is 430 g/mol. The quantitative estimate of drug-likeness (QED) is 0.746. The molecule has 0 atom stereocenters. The predicted molar refractivity (Wildman–Crippen MR) is 109 cm³/mol. The van der Waals surface area contributed by atoms with E-state index in [4.69, 9.17) is 5.26 Å². The van der Waals surface area contributed by atoms with Gasteiger partial charge in [0.15, 0.2) is 0 Å². The Morgan fingerprint density at radius 3 is 2.57 bits per heavy atom. The first kappa shape index (κ1) is 21.7. The number of H-pyrrole nitrogens is 1. The van der Waals surface area contributed by atoms with Crippen LogP contribution in [-0.2, 0) is 21.2 Å².